The van der Waals surface area contributed by atoms with Gasteiger partial charge < -0.3 is 4.84 Å². The van der Waals surface area contributed by atoms with Crippen LogP contribution in [0.2, 0.25) is 0 Å². The second-order valence-electron chi connectivity index (χ2n) is 5.64. The van der Waals surface area contributed by atoms with Gasteiger partial charge in [0.05, 0.1) is 5.71 Å². The molecule has 2 nitrogen and oxygen atoms in total. The molecule has 1 atom stereocenters. The number of oxime groups is 1. The Morgan fingerprint density at radius 3 is 2.62 bits per heavy atom. The molecule has 1 aliphatic heterocycles. The maximum atomic E-state index is 5.84. The molecule has 0 aromatic heterocycles. The van der Waals surface area contributed by atoms with Crippen molar-refractivity contribution >= 4 is 5.71 Å². The first-order valence-electron chi connectivity index (χ1n) is 5.85. The van der Waals surface area contributed by atoms with Crippen LogP contribution in [0.4, 0.5) is 0 Å². The van der Waals surface area contributed by atoms with Crippen molar-refractivity contribution in [3.05, 3.63) is 35.4 Å². The lowest BCUT2D eigenvalue weighted by atomic mass is 9.73. The van der Waals surface area contributed by atoms with E-state index >= 15 is 0 Å². The van der Waals surface area contributed by atoms with Crippen molar-refractivity contribution in [2.24, 2.45) is 10.6 Å². The van der Waals surface area contributed by atoms with E-state index in [1.807, 2.05) is 6.92 Å². The summed E-state index contributed by atoms with van der Waals surface area (Å²) in [6, 6.07) is 8.61. The number of nitrogens with zero attached hydrogens (tertiary/aromatic N) is 1. The zero-order valence-corrected chi connectivity index (χ0v) is 10.1. The van der Waals surface area contributed by atoms with Crippen LogP contribution in [-0.4, -0.2) is 5.71 Å². The van der Waals surface area contributed by atoms with Crippen LogP contribution in [-0.2, 0) is 16.9 Å². The SMILES string of the molecule is CC1=NO[C@]2(C1)c1ccccc1CC2(C)C. The fourth-order valence-corrected chi connectivity index (χ4v) is 3.14. The lowest BCUT2D eigenvalue weighted by molar-refractivity contribution is -0.0977. The average Bonchev–Trinajstić information content (AvgIpc) is 2.70. The third-order valence-electron chi connectivity index (χ3n) is 4.04. The molecule has 0 radical (unpaired) electrons. The fraction of sp³-hybridized carbons (Fsp3) is 0.500. The Bertz CT molecular complexity index is 475. The molecular weight excluding hydrogens is 198 g/mol. The van der Waals surface area contributed by atoms with Crippen LogP contribution in [0.3, 0.4) is 0 Å². The standard InChI is InChI=1S/C14H17NO/c1-10-8-14(16-15-10)12-7-5-4-6-11(12)9-13(14,2)3/h4-7H,8-9H2,1-3H3/t14-/m1/s1. The molecule has 3 rings (SSSR count). The van der Waals surface area contributed by atoms with E-state index < -0.39 is 0 Å². The van der Waals surface area contributed by atoms with Crippen LogP contribution in [0.1, 0.15) is 38.3 Å². The molecule has 0 fully saturated rings. The Balaban J connectivity index is 2.17. The highest BCUT2D eigenvalue weighted by molar-refractivity contribution is 5.84. The molecule has 84 valence electrons. The van der Waals surface area contributed by atoms with E-state index in [-0.39, 0.29) is 11.0 Å². The molecule has 0 N–H and O–H groups in total. The minimum Gasteiger partial charge on any atom is -0.383 e. The molecule has 1 aromatic carbocycles. The van der Waals surface area contributed by atoms with Gasteiger partial charge in [-0.2, -0.15) is 0 Å². The zero-order valence-electron chi connectivity index (χ0n) is 10.1. The summed E-state index contributed by atoms with van der Waals surface area (Å²) >= 11 is 0. The van der Waals surface area contributed by atoms with E-state index in [1.54, 1.807) is 0 Å². The summed E-state index contributed by atoms with van der Waals surface area (Å²) in [5, 5.41) is 4.18. The van der Waals surface area contributed by atoms with Gasteiger partial charge in [-0.3, -0.25) is 0 Å². The first-order valence-corrected chi connectivity index (χ1v) is 5.85. The molecule has 0 saturated carbocycles. The summed E-state index contributed by atoms with van der Waals surface area (Å²) in [4.78, 5) is 5.84. The van der Waals surface area contributed by atoms with Gasteiger partial charge in [-0.05, 0) is 18.9 Å². The molecule has 1 aliphatic carbocycles. The Labute approximate surface area is 96.3 Å². The van der Waals surface area contributed by atoms with Crippen LogP contribution in [0.5, 0.6) is 0 Å². The van der Waals surface area contributed by atoms with Crippen LogP contribution in [0.15, 0.2) is 29.4 Å². The number of fused-ring (bicyclic) bond motifs is 2. The second kappa shape index (κ2) is 2.88. The van der Waals surface area contributed by atoms with Crippen molar-refractivity contribution in [1.82, 2.24) is 0 Å². The van der Waals surface area contributed by atoms with Crippen molar-refractivity contribution in [2.45, 2.75) is 39.2 Å². The van der Waals surface area contributed by atoms with Gasteiger partial charge in [0.2, 0.25) is 0 Å². The van der Waals surface area contributed by atoms with Gasteiger partial charge in [-0.1, -0.05) is 43.3 Å². The molecule has 2 aliphatic rings. The quantitative estimate of drug-likeness (QED) is 0.651. The Morgan fingerprint density at radius 1 is 1.19 bits per heavy atom. The van der Waals surface area contributed by atoms with Crippen LogP contribution in [0, 0.1) is 5.41 Å². The fourth-order valence-electron chi connectivity index (χ4n) is 3.14. The third kappa shape index (κ3) is 1.05. The maximum absolute atomic E-state index is 5.84. The largest absolute Gasteiger partial charge is 0.383 e. The molecule has 16 heavy (non-hydrogen) atoms. The van der Waals surface area contributed by atoms with Crippen molar-refractivity contribution in [2.75, 3.05) is 0 Å². The lowest BCUT2D eigenvalue weighted by Crippen LogP contribution is -2.38. The zero-order chi connectivity index (χ0) is 11.4. The number of hydrogen-bond acceptors (Lipinski definition) is 2. The highest BCUT2D eigenvalue weighted by Gasteiger charge is 2.57. The Hall–Kier alpha value is -1.31. The van der Waals surface area contributed by atoms with E-state index in [4.69, 9.17) is 4.84 Å². The van der Waals surface area contributed by atoms with E-state index in [1.165, 1.54) is 11.1 Å². The van der Waals surface area contributed by atoms with Crippen LogP contribution >= 0.6 is 0 Å². The summed E-state index contributed by atoms with van der Waals surface area (Å²) < 4.78 is 0. The predicted octanol–water partition coefficient (Wildman–Crippen LogP) is 3.26. The summed E-state index contributed by atoms with van der Waals surface area (Å²) in [7, 11) is 0. The van der Waals surface area contributed by atoms with Crippen molar-refractivity contribution < 1.29 is 4.84 Å². The van der Waals surface area contributed by atoms with Gasteiger partial charge >= 0.3 is 0 Å². The normalized spacial score (nSPS) is 30.1. The van der Waals surface area contributed by atoms with Gasteiger partial charge in [-0.15, -0.1) is 0 Å². The van der Waals surface area contributed by atoms with E-state index in [0.29, 0.717) is 0 Å². The smallest absolute Gasteiger partial charge is 0.173 e. The lowest BCUT2D eigenvalue weighted by Gasteiger charge is -2.36. The van der Waals surface area contributed by atoms with Crippen LogP contribution in [0.25, 0.3) is 0 Å². The van der Waals surface area contributed by atoms with Gasteiger partial charge in [0.15, 0.2) is 5.60 Å². The first-order chi connectivity index (χ1) is 7.55. The molecule has 1 aromatic rings. The molecule has 0 saturated heterocycles. The minimum atomic E-state index is -0.215. The van der Waals surface area contributed by atoms with Gasteiger partial charge in [0.25, 0.3) is 0 Å². The summed E-state index contributed by atoms with van der Waals surface area (Å²) in [6.07, 6.45) is 2.00. The Kier molecular flexibility index (Phi) is 1.78. The molecule has 1 heterocycles. The first kappa shape index (κ1) is 9.88. The predicted molar refractivity (Wildman–Crippen MR) is 64.4 cm³/mol. The van der Waals surface area contributed by atoms with Crippen molar-refractivity contribution in [3.63, 3.8) is 0 Å². The van der Waals surface area contributed by atoms with E-state index in [9.17, 15) is 0 Å². The second-order valence-corrected chi connectivity index (χ2v) is 5.64. The number of rotatable bonds is 0. The Morgan fingerprint density at radius 2 is 1.94 bits per heavy atom. The van der Waals surface area contributed by atoms with Crippen molar-refractivity contribution in [1.29, 1.82) is 0 Å². The monoisotopic (exact) mass is 215 g/mol. The van der Waals surface area contributed by atoms with Crippen LogP contribution < -0.4 is 0 Å². The topological polar surface area (TPSA) is 21.6 Å². The average molecular weight is 215 g/mol. The van der Waals surface area contributed by atoms with Gasteiger partial charge in [-0.25, -0.2) is 0 Å². The molecular formula is C14H17NO. The van der Waals surface area contributed by atoms with Crippen molar-refractivity contribution in [3.8, 4) is 0 Å². The number of benzene rings is 1. The molecule has 0 bridgehead atoms. The van der Waals surface area contributed by atoms with Gasteiger partial charge in [0.1, 0.15) is 0 Å². The minimum absolute atomic E-state index is 0.123. The molecule has 1 spiro atoms. The van der Waals surface area contributed by atoms with E-state index in [2.05, 4.69) is 43.3 Å². The maximum Gasteiger partial charge on any atom is 0.173 e. The summed E-state index contributed by atoms with van der Waals surface area (Å²) in [5.41, 5.74) is 3.76. The summed E-state index contributed by atoms with van der Waals surface area (Å²) in [5.74, 6) is 0. The summed E-state index contributed by atoms with van der Waals surface area (Å²) in [6.45, 7) is 6.61. The number of hydrogen-bond donors (Lipinski definition) is 0. The molecule has 2 heteroatoms. The molecule has 0 unspecified atom stereocenters. The van der Waals surface area contributed by atoms with E-state index in [0.717, 1.165) is 18.6 Å². The van der Waals surface area contributed by atoms with Gasteiger partial charge in [0, 0.05) is 17.4 Å². The molecule has 0 amide bonds. The third-order valence-corrected chi connectivity index (χ3v) is 4.04. The highest BCUT2D eigenvalue weighted by Crippen LogP contribution is 2.56. The highest BCUT2D eigenvalue weighted by atomic mass is 16.7.